The Morgan fingerprint density at radius 1 is 1.20 bits per heavy atom. The fraction of sp³-hybridized carbons (Fsp3) is 0.368. The Kier molecular flexibility index (Phi) is 4.49. The van der Waals surface area contributed by atoms with E-state index in [0.717, 1.165) is 30.6 Å². The van der Waals surface area contributed by atoms with Gasteiger partial charge in [-0.15, -0.1) is 0 Å². The minimum atomic E-state index is -0.215. The molecule has 2 unspecified atom stereocenters. The van der Waals surface area contributed by atoms with Crippen LogP contribution in [-0.4, -0.2) is 41.2 Å². The first-order valence-corrected chi connectivity index (χ1v) is 8.94. The molecule has 1 aromatic carbocycles. The van der Waals surface area contributed by atoms with Gasteiger partial charge in [0.1, 0.15) is 11.8 Å². The molecule has 2 aliphatic rings. The first-order valence-electron chi connectivity index (χ1n) is 8.56. The standard InChI is InChI=1S/C19H20ClN3O2/c20-18-7-6-16(11-21-18)22-9-8-15-10-17(22)12-23(15)19(24)25-13-14-4-2-1-3-5-14/h1-7,11,15,17H,8-10,12-13H2. The van der Waals surface area contributed by atoms with Gasteiger partial charge in [0.15, 0.2) is 0 Å². The monoisotopic (exact) mass is 357 g/mol. The van der Waals surface area contributed by atoms with Crippen molar-refractivity contribution in [2.24, 2.45) is 0 Å². The average molecular weight is 358 g/mol. The SMILES string of the molecule is O=C(OCc1ccccc1)N1CC2CC1CCN2c1ccc(Cl)nc1. The Bertz CT molecular complexity index is 738. The fourth-order valence-electron chi connectivity index (χ4n) is 3.77. The molecule has 2 aromatic rings. The molecule has 5 nitrogen and oxygen atoms in total. The van der Waals surface area contributed by atoms with Gasteiger partial charge in [0, 0.05) is 25.2 Å². The molecule has 130 valence electrons. The van der Waals surface area contributed by atoms with Crippen molar-refractivity contribution in [2.45, 2.75) is 31.5 Å². The van der Waals surface area contributed by atoms with E-state index in [4.69, 9.17) is 16.3 Å². The van der Waals surface area contributed by atoms with Crippen LogP contribution in [0.5, 0.6) is 0 Å². The van der Waals surface area contributed by atoms with E-state index in [1.807, 2.05) is 47.4 Å². The number of amides is 1. The molecule has 25 heavy (non-hydrogen) atoms. The largest absolute Gasteiger partial charge is 0.445 e. The molecule has 2 atom stereocenters. The van der Waals surface area contributed by atoms with E-state index in [9.17, 15) is 4.79 Å². The van der Waals surface area contributed by atoms with Crippen molar-refractivity contribution in [3.63, 3.8) is 0 Å². The average Bonchev–Trinajstić information content (AvgIpc) is 2.98. The Morgan fingerprint density at radius 2 is 2.04 bits per heavy atom. The first-order chi connectivity index (χ1) is 12.2. The molecular weight excluding hydrogens is 338 g/mol. The van der Waals surface area contributed by atoms with Crippen LogP contribution in [0.25, 0.3) is 0 Å². The minimum absolute atomic E-state index is 0.215. The predicted octanol–water partition coefficient (Wildman–Crippen LogP) is 3.72. The van der Waals surface area contributed by atoms with E-state index in [-0.39, 0.29) is 12.1 Å². The number of carbonyl (C=O) groups is 1. The van der Waals surface area contributed by atoms with Crippen molar-refractivity contribution < 1.29 is 9.53 Å². The molecule has 1 aromatic heterocycles. The number of ether oxygens (including phenoxy) is 1. The van der Waals surface area contributed by atoms with E-state index in [2.05, 4.69) is 9.88 Å². The summed E-state index contributed by atoms with van der Waals surface area (Å²) < 4.78 is 5.52. The summed E-state index contributed by atoms with van der Waals surface area (Å²) in [4.78, 5) is 20.9. The third-order valence-corrected chi connectivity index (χ3v) is 5.24. The molecule has 2 aliphatic heterocycles. The summed E-state index contributed by atoms with van der Waals surface area (Å²) in [7, 11) is 0. The van der Waals surface area contributed by atoms with Gasteiger partial charge < -0.3 is 14.5 Å². The second kappa shape index (κ2) is 6.92. The Morgan fingerprint density at radius 3 is 2.80 bits per heavy atom. The maximum atomic E-state index is 12.5. The number of likely N-dealkylation sites (tertiary alicyclic amines) is 1. The highest BCUT2D eigenvalue weighted by atomic mass is 35.5. The molecule has 2 fully saturated rings. The van der Waals surface area contributed by atoms with E-state index in [1.165, 1.54) is 0 Å². The van der Waals surface area contributed by atoms with Crippen LogP contribution in [0.2, 0.25) is 5.15 Å². The number of halogens is 1. The lowest BCUT2D eigenvalue weighted by Gasteiger charge is -2.33. The number of piperidine rings is 1. The normalized spacial score (nSPS) is 22.1. The van der Waals surface area contributed by atoms with E-state index in [0.29, 0.717) is 24.3 Å². The first kappa shape index (κ1) is 16.2. The Balaban J connectivity index is 1.39. The quantitative estimate of drug-likeness (QED) is 0.785. The van der Waals surface area contributed by atoms with Crippen LogP contribution in [0.1, 0.15) is 18.4 Å². The van der Waals surface area contributed by atoms with Crippen LogP contribution in [0.15, 0.2) is 48.7 Å². The molecule has 3 heterocycles. The lowest BCUT2D eigenvalue weighted by molar-refractivity contribution is 0.0920. The highest BCUT2D eigenvalue weighted by Crippen LogP contribution is 2.33. The van der Waals surface area contributed by atoms with E-state index < -0.39 is 0 Å². The summed E-state index contributed by atoms with van der Waals surface area (Å²) in [6.07, 6.45) is 3.51. The maximum Gasteiger partial charge on any atom is 0.410 e. The molecule has 2 saturated heterocycles. The van der Waals surface area contributed by atoms with Gasteiger partial charge in [0.25, 0.3) is 0 Å². The van der Waals surface area contributed by atoms with Crippen LogP contribution < -0.4 is 4.90 Å². The summed E-state index contributed by atoms with van der Waals surface area (Å²) in [5.74, 6) is 0. The molecule has 6 heteroatoms. The van der Waals surface area contributed by atoms with Crippen molar-refractivity contribution in [2.75, 3.05) is 18.0 Å². The number of rotatable bonds is 3. The fourth-order valence-corrected chi connectivity index (χ4v) is 3.88. The van der Waals surface area contributed by atoms with E-state index >= 15 is 0 Å². The highest BCUT2D eigenvalue weighted by molar-refractivity contribution is 6.29. The second-order valence-electron chi connectivity index (χ2n) is 6.56. The molecule has 0 radical (unpaired) electrons. The van der Waals surface area contributed by atoms with Crippen LogP contribution >= 0.6 is 11.6 Å². The van der Waals surface area contributed by atoms with Gasteiger partial charge in [0.2, 0.25) is 0 Å². The summed E-state index contributed by atoms with van der Waals surface area (Å²) in [5.41, 5.74) is 2.07. The zero-order valence-corrected chi connectivity index (χ0v) is 14.6. The van der Waals surface area contributed by atoms with Gasteiger partial charge in [-0.2, -0.15) is 0 Å². The number of anilines is 1. The van der Waals surface area contributed by atoms with Crippen LogP contribution in [0, 0.1) is 0 Å². The van der Waals surface area contributed by atoms with Crippen LogP contribution in [0.3, 0.4) is 0 Å². The number of carbonyl (C=O) groups excluding carboxylic acids is 1. The summed E-state index contributed by atoms with van der Waals surface area (Å²) in [6, 6.07) is 14.2. The number of aromatic nitrogens is 1. The lowest BCUT2D eigenvalue weighted by atomic mass is 10.0. The van der Waals surface area contributed by atoms with Crippen molar-refractivity contribution >= 4 is 23.4 Å². The number of hydrogen-bond acceptors (Lipinski definition) is 4. The zero-order valence-electron chi connectivity index (χ0n) is 13.8. The van der Waals surface area contributed by atoms with Crippen LogP contribution in [0.4, 0.5) is 10.5 Å². The molecule has 0 N–H and O–H groups in total. The lowest BCUT2D eigenvalue weighted by Crippen LogP contribution is -2.40. The molecule has 1 amide bonds. The minimum Gasteiger partial charge on any atom is -0.445 e. The third-order valence-electron chi connectivity index (χ3n) is 5.02. The molecule has 0 saturated carbocycles. The summed E-state index contributed by atoms with van der Waals surface area (Å²) in [6.45, 7) is 1.93. The molecule has 2 bridgehead atoms. The van der Waals surface area contributed by atoms with Crippen molar-refractivity contribution in [1.82, 2.24) is 9.88 Å². The molecule has 0 spiro atoms. The number of fused-ring (bicyclic) bond motifs is 2. The van der Waals surface area contributed by atoms with Gasteiger partial charge in [-0.25, -0.2) is 9.78 Å². The number of hydrogen-bond donors (Lipinski definition) is 0. The van der Waals surface area contributed by atoms with Gasteiger partial charge in [-0.05, 0) is 30.5 Å². The van der Waals surface area contributed by atoms with Gasteiger partial charge in [0.05, 0.1) is 11.9 Å². The Hall–Kier alpha value is -2.27. The van der Waals surface area contributed by atoms with Crippen molar-refractivity contribution in [3.8, 4) is 0 Å². The number of nitrogens with zero attached hydrogens (tertiary/aromatic N) is 3. The van der Waals surface area contributed by atoms with E-state index in [1.54, 1.807) is 6.20 Å². The molecular formula is C19H20ClN3O2. The zero-order chi connectivity index (χ0) is 17.2. The highest BCUT2D eigenvalue weighted by Gasteiger charge is 2.42. The second-order valence-corrected chi connectivity index (χ2v) is 6.94. The number of pyridine rings is 1. The van der Waals surface area contributed by atoms with Gasteiger partial charge in [-0.3, -0.25) is 0 Å². The van der Waals surface area contributed by atoms with Crippen LogP contribution in [-0.2, 0) is 11.3 Å². The summed E-state index contributed by atoms with van der Waals surface area (Å²) in [5, 5.41) is 0.496. The molecule has 0 aliphatic carbocycles. The topological polar surface area (TPSA) is 45.7 Å². The van der Waals surface area contributed by atoms with Gasteiger partial charge >= 0.3 is 6.09 Å². The summed E-state index contributed by atoms with van der Waals surface area (Å²) >= 11 is 5.88. The Labute approximate surface area is 152 Å². The van der Waals surface area contributed by atoms with Crippen molar-refractivity contribution in [3.05, 3.63) is 59.4 Å². The van der Waals surface area contributed by atoms with Crippen molar-refractivity contribution in [1.29, 1.82) is 0 Å². The van der Waals surface area contributed by atoms with Gasteiger partial charge in [-0.1, -0.05) is 41.9 Å². The number of benzene rings is 1. The smallest absolute Gasteiger partial charge is 0.410 e. The predicted molar refractivity (Wildman–Crippen MR) is 96.7 cm³/mol. The molecule has 4 rings (SSSR count). The maximum absolute atomic E-state index is 12.5. The third kappa shape index (κ3) is 3.42.